The highest BCUT2D eigenvalue weighted by Gasteiger charge is 2.24. The predicted molar refractivity (Wildman–Crippen MR) is 272 cm³/mol. The van der Waals surface area contributed by atoms with Crippen LogP contribution in [0, 0.1) is 47.8 Å². The number of rotatable bonds is 10. The molecule has 8 rings (SSSR count). The van der Waals surface area contributed by atoms with Crippen molar-refractivity contribution in [2.75, 3.05) is 21.3 Å². The van der Waals surface area contributed by atoms with Crippen LogP contribution in [-0.2, 0) is 10.8 Å². The lowest BCUT2D eigenvalue weighted by Gasteiger charge is -2.17. The summed E-state index contributed by atoms with van der Waals surface area (Å²) in [4.78, 5) is 70.4. The van der Waals surface area contributed by atoms with Gasteiger partial charge in [-0.05, 0) is 128 Å². The summed E-state index contributed by atoms with van der Waals surface area (Å²) in [5.41, 5.74) is 5.87. The van der Waals surface area contributed by atoms with Crippen molar-refractivity contribution < 1.29 is 19.2 Å². The zero-order chi connectivity index (χ0) is 49.6. The Hall–Kier alpha value is -8.21. The molecule has 0 unspecified atom stereocenters. The van der Waals surface area contributed by atoms with Crippen molar-refractivity contribution >= 4 is 106 Å². The topological polar surface area (TPSA) is 239 Å². The molecule has 0 bridgehead atoms. The van der Waals surface area contributed by atoms with Gasteiger partial charge in [0.15, 0.2) is 0 Å². The first-order valence-electron chi connectivity index (χ1n) is 21.0. The summed E-state index contributed by atoms with van der Waals surface area (Å²) in [6.45, 7) is 10.9. The number of thiophene rings is 2. The number of halogens is 1. The van der Waals surface area contributed by atoms with E-state index >= 15 is 0 Å². The van der Waals surface area contributed by atoms with Gasteiger partial charge in [-0.3, -0.25) is 29.1 Å². The van der Waals surface area contributed by atoms with Gasteiger partial charge in [0.2, 0.25) is 0 Å². The summed E-state index contributed by atoms with van der Waals surface area (Å²) in [6.07, 6.45) is 6.15. The molecule has 0 aliphatic heterocycles. The number of fused-ring (bicyclic) bond motifs is 2. The summed E-state index contributed by atoms with van der Waals surface area (Å²) in [5, 5.41) is 39.8. The van der Waals surface area contributed by atoms with E-state index in [9.17, 15) is 35.0 Å². The smallest absolute Gasteiger partial charge is 0.267 e. The van der Waals surface area contributed by atoms with E-state index in [-0.39, 0.29) is 28.2 Å². The first kappa shape index (κ1) is 48.7. The van der Waals surface area contributed by atoms with Crippen LogP contribution in [0.3, 0.4) is 0 Å². The Labute approximate surface area is 413 Å². The molecule has 0 aliphatic rings. The highest BCUT2D eigenvalue weighted by Crippen LogP contribution is 2.35. The monoisotopic (exact) mass is 1010 g/mol. The van der Waals surface area contributed by atoms with Crippen molar-refractivity contribution in [2.45, 2.75) is 52.4 Å². The average molecular weight is 1010 g/mol. The van der Waals surface area contributed by atoms with Crippen molar-refractivity contribution in [1.82, 2.24) is 19.9 Å². The second-order valence-corrected chi connectivity index (χ2v) is 19.4. The molecule has 4 N–H and O–H groups in total. The Morgan fingerprint density at radius 2 is 0.986 bits per heavy atom. The van der Waals surface area contributed by atoms with E-state index in [0.717, 1.165) is 33.6 Å². The maximum atomic E-state index is 13.0. The molecule has 0 atom stereocenters. The van der Waals surface area contributed by atoms with Crippen LogP contribution in [0.1, 0.15) is 95.6 Å². The van der Waals surface area contributed by atoms with Gasteiger partial charge in [-0.2, -0.15) is 15.8 Å². The van der Waals surface area contributed by atoms with Crippen molar-refractivity contribution in [2.24, 2.45) is 0 Å². The molecule has 342 valence electrons. The highest BCUT2D eigenvalue weighted by atomic mass is 79.9. The lowest BCUT2D eigenvalue weighted by Crippen LogP contribution is -2.17. The normalized spacial score (nSPS) is 11.0. The van der Waals surface area contributed by atoms with Crippen molar-refractivity contribution in [3.8, 4) is 18.2 Å². The van der Waals surface area contributed by atoms with Gasteiger partial charge in [-0.25, -0.2) is 9.97 Å². The lowest BCUT2D eigenvalue weighted by molar-refractivity contribution is 0.101. The molecule has 0 fully saturated rings. The van der Waals surface area contributed by atoms with E-state index in [2.05, 4.69) is 69.3 Å². The van der Waals surface area contributed by atoms with Gasteiger partial charge in [0.25, 0.3) is 23.6 Å². The minimum absolute atomic E-state index is 0.179. The van der Waals surface area contributed by atoms with Crippen LogP contribution in [0.25, 0.3) is 20.7 Å². The first-order chi connectivity index (χ1) is 32.9. The molecule has 0 saturated carbocycles. The van der Waals surface area contributed by atoms with E-state index in [1.165, 1.54) is 23.7 Å². The van der Waals surface area contributed by atoms with Gasteiger partial charge in [0, 0.05) is 58.7 Å². The number of nitriles is 3. The van der Waals surface area contributed by atoms with Gasteiger partial charge in [0.1, 0.15) is 42.1 Å². The molecule has 4 aromatic heterocycles. The Morgan fingerprint density at radius 1 is 0.551 bits per heavy atom. The third-order valence-electron chi connectivity index (χ3n) is 10.9. The number of benzene rings is 4. The fraction of sp³-hybridized carbons (Fsp3) is 0.157. The maximum absolute atomic E-state index is 13.0. The summed E-state index contributed by atoms with van der Waals surface area (Å²) >= 11 is 5.80. The molecular weight excluding hydrogens is 975 g/mol. The van der Waals surface area contributed by atoms with E-state index < -0.39 is 16.7 Å². The first-order valence-corrected chi connectivity index (χ1v) is 23.4. The number of nitrogens with one attached hydrogen (secondary N) is 4. The second-order valence-electron chi connectivity index (χ2n) is 16.6. The molecule has 4 heterocycles. The van der Waals surface area contributed by atoms with Gasteiger partial charge in [0.05, 0.1) is 27.4 Å². The van der Waals surface area contributed by atoms with Crippen LogP contribution >= 0.6 is 38.6 Å². The SMILES string of the molecule is Cc1ccc(NC(=O)c2cccc(C(C)(C)C#N)c2)cc1NC(=O)c1sc2nccnc2c1Br.Cc1ccc(NC(=O)c2cccc(C(C)(C)C#N)c2)cc1NC(=O)c1sc2nccnc2c1C#N. The minimum Gasteiger partial charge on any atom is -0.322 e. The highest BCUT2D eigenvalue weighted by molar-refractivity contribution is 9.10. The lowest BCUT2D eigenvalue weighted by atomic mass is 9.85. The molecule has 4 amide bonds. The molecule has 18 heteroatoms. The van der Waals surface area contributed by atoms with Gasteiger partial charge < -0.3 is 21.3 Å². The van der Waals surface area contributed by atoms with E-state index in [1.807, 2.05) is 38.1 Å². The van der Waals surface area contributed by atoms with Gasteiger partial charge >= 0.3 is 0 Å². The third-order valence-corrected chi connectivity index (χ3v) is 14.1. The number of nitrogens with zero attached hydrogens (tertiary/aromatic N) is 7. The quantitative estimate of drug-likeness (QED) is 0.100. The Bertz CT molecular complexity index is 3490. The van der Waals surface area contributed by atoms with Gasteiger partial charge in [-0.1, -0.05) is 36.4 Å². The number of anilines is 4. The summed E-state index contributed by atoms with van der Waals surface area (Å²) in [5.74, 6) is -1.39. The number of aromatic nitrogens is 4. The largest absolute Gasteiger partial charge is 0.322 e. The van der Waals surface area contributed by atoms with Crippen molar-refractivity contribution in [3.63, 3.8) is 0 Å². The molecule has 15 nitrogen and oxygen atoms in total. The fourth-order valence-electron chi connectivity index (χ4n) is 6.70. The summed E-state index contributed by atoms with van der Waals surface area (Å²) in [7, 11) is 0. The van der Waals surface area contributed by atoms with E-state index in [4.69, 9.17) is 0 Å². The standard InChI is InChI=1S/C26H20N6O2S.C25H20BrN5O2S/c1-15-7-8-18(31-23(33)16-5-4-6-17(11-16)26(2,3)14-28)12-20(15)32-24(34)22-19(13-27)21-25(35-22)30-10-9-29-21;1-14-7-8-17(30-22(32)15-5-4-6-16(11-15)25(2,3)13-27)12-18(14)31-23(33)21-19(26)20-24(34-21)29-10-9-28-20/h4-12H,1-3H3,(H,31,33)(H,32,34);4-12H,1-3H3,(H,30,32)(H,31,33). The number of carbonyl (C=O) groups excluding carboxylic acids is 4. The van der Waals surface area contributed by atoms with Crippen molar-refractivity contribution in [3.05, 3.63) is 163 Å². The number of hydrogen-bond acceptors (Lipinski definition) is 13. The predicted octanol–water partition coefficient (Wildman–Crippen LogP) is 11.2. The van der Waals surface area contributed by atoms with Crippen LogP contribution in [-0.4, -0.2) is 43.6 Å². The third kappa shape index (κ3) is 10.8. The molecule has 8 aromatic rings. The summed E-state index contributed by atoms with van der Waals surface area (Å²) < 4.78 is 0.598. The number of hydrogen-bond donors (Lipinski definition) is 4. The van der Waals surface area contributed by atoms with Crippen LogP contribution in [0.2, 0.25) is 0 Å². The second kappa shape index (κ2) is 20.3. The minimum atomic E-state index is -0.725. The molecule has 4 aromatic carbocycles. The van der Waals surface area contributed by atoms with Crippen LogP contribution in [0.5, 0.6) is 0 Å². The number of carbonyl (C=O) groups is 4. The Morgan fingerprint density at radius 3 is 1.45 bits per heavy atom. The van der Waals surface area contributed by atoms with Crippen molar-refractivity contribution in [1.29, 1.82) is 15.8 Å². The molecule has 0 saturated heterocycles. The molecule has 69 heavy (non-hydrogen) atoms. The molecule has 0 radical (unpaired) electrons. The van der Waals surface area contributed by atoms with Crippen LogP contribution in [0.4, 0.5) is 22.7 Å². The average Bonchev–Trinajstić information content (AvgIpc) is 3.91. The van der Waals surface area contributed by atoms with Crippen LogP contribution < -0.4 is 21.3 Å². The molecular formula is C51H40BrN11O4S2. The van der Waals surface area contributed by atoms with E-state index in [1.54, 1.807) is 107 Å². The zero-order valence-corrected chi connectivity index (χ0v) is 41.1. The van der Waals surface area contributed by atoms with E-state index in [0.29, 0.717) is 63.9 Å². The maximum Gasteiger partial charge on any atom is 0.267 e. The van der Waals surface area contributed by atoms with Gasteiger partial charge in [-0.15, -0.1) is 22.7 Å². The van der Waals surface area contributed by atoms with Crippen LogP contribution in [0.15, 0.2) is 114 Å². The fourth-order valence-corrected chi connectivity index (χ4v) is 9.38. The summed E-state index contributed by atoms with van der Waals surface area (Å²) in [6, 6.07) is 30.9. The Kier molecular flexibility index (Phi) is 14.4. The number of aryl methyl sites for hydroxylation is 2. The molecule has 0 aliphatic carbocycles. The zero-order valence-electron chi connectivity index (χ0n) is 37.9. The molecule has 0 spiro atoms. The number of amides is 4. The Balaban J connectivity index is 0.000000204.